The number of hydrogen-bond acceptors (Lipinski definition) is 2. The molecular weight excluding hydrogens is 172 g/mol. The summed E-state index contributed by atoms with van der Waals surface area (Å²) in [6.45, 7) is 0. The number of rotatable bonds is 2. The summed E-state index contributed by atoms with van der Waals surface area (Å²) in [5, 5.41) is 6.53. The smallest absolute Gasteiger partial charge is 0.0557 e. The molecule has 1 rings (SSSR count). The van der Waals surface area contributed by atoms with Crippen LogP contribution in [-0.2, 0) is 0 Å². The summed E-state index contributed by atoms with van der Waals surface area (Å²) in [5.74, 6) is 0. The van der Waals surface area contributed by atoms with E-state index < -0.39 is 0 Å². The fraction of sp³-hybridized carbons (Fsp3) is 0.222. The molecule has 12 heavy (non-hydrogen) atoms. The number of hydrogen-bond donors (Lipinski definition) is 0. The summed E-state index contributed by atoms with van der Waals surface area (Å²) in [6.07, 6.45) is 1.74. The predicted molar refractivity (Wildman–Crippen MR) is 52.7 cm³/mol. The molecule has 1 aromatic rings. The van der Waals surface area contributed by atoms with Gasteiger partial charge in [-0.1, -0.05) is 29.8 Å². The lowest BCUT2D eigenvalue weighted by molar-refractivity contribution is 0.440. The van der Waals surface area contributed by atoms with Crippen molar-refractivity contribution in [3.8, 4) is 0 Å². The molecule has 0 radical (unpaired) electrons. The molecule has 0 aliphatic rings. The Hall–Kier alpha value is -1.02. The van der Waals surface area contributed by atoms with E-state index in [1.54, 1.807) is 11.2 Å². The normalized spacial score (nSPS) is 10.6. The fourth-order valence-electron chi connectivity index (χ4n) is 0.757. The molecule has 0 unspecified atom stereocenters. The summed E-state index contributed by atoms with van der Waals surface area (Å²) in [6, 6.07) is 7.60. The van der Waals surface area contributed by atoms with Gasteiger partial charge in [0, 0.05) is 24.7 Å². The third-order valence-electron chi connectivity index (χ3n) is 1.33. The minimum absolute atomic E-state index is 0.725. The van der Waals surface area contributed by atoms with E-state index in [1.165, 1.54) is 0 Å². The Kier molecular flexibility index (Phi) is 3.11. The Bertz CT molecular complexity index is 282. The van der Waals surface area contributed by atoms with Gasteiger partial charge in [0.05, 0.1) is 6.21 Å². The van der Waals surface area contributed by atoms with Crippen molar-refractivity contribution in [3.63, 3.8) is 0 Å². The fourth-order valence-corrected chi connectivity index (χ4v) is 0.942. The van der Waals surface area contributed by atoms with Crippen LogP contribution in [0.15, 0.2) is 29.4 Å². The number of halogens is 1. The van der Waals surface area contributed by atoms with Crippen LogP contribution in [0.4, 0.5) is 0 Å². The van der Waals surface area contributed by atoms with Crippen LogP contribution < -0.4 is 0 Å². The first-order valence-corrected chi connectivity index (χ1v) is 4.04. The van der Waals surface area contributed by atoms with Gasteiger partial charge in [-0.25, -0.2) is 0 Å². The molecule has 0 aliphatic carbocycles. The lowest BCUT2D eigenvalue weighted by Gasteiger charge is -2.02. The second-order valence-electron chi connectivity index (χ2n) is 2.61. The lowest BCUT2D eigenvalue weighted by Crippen LogP contribution is -2.01. The van der Waals surface area contributed by atoms with Gasteiger partial charge in [0.15, 0.2) is 0 Å². The molecule has 64 valence electrons. The average Bonchev–Trinajstić information content (AvgIpc) is 2.03. The highest BCUT2D eigenvalue weighted by Gasteiger charge is 1.93. The number of nitrogens with zero attached hydrogens (tertiary/aromatic N) is 2. The van der Waals surface area contributed by atoms with Crippen LogP contribution >= 0.6 is 11.6 Å². The molecule has 0 amide bonds. The molecule has 0 atom stereocenters. The van der Waals surface area contributed by atoms with Crippen molar-refractivity contribution in [1.82, 2.24) is 5.01 Å². The standard InChI is InChI=1S/C9H11ClN2/c1-12(2)11-7-8-5-3-4-6-9(8)10/h3-7H,1-2H3/b11-7-. The Balaban J connectivity index is 2.82. The van der Waals surface area contributed by atoms with Crippen LogP contribution in [0.3, 0.4) is 0 Å². The van der Waals surface area contributed by atoms with E-state index in [1.807, 2.05) is 38.4 Å². The van der Waals surface area contributed by atoms with Crippen molar-refractivity contribution in [1.29, 1.82) is 0 Å². The van der Waals surface area contributed by atoms with Gasteiger partial charge in [-0.3, -0.25) is 0 Å². The van der Waals surface area contributed by atoms with E-state index in [-0.39, 0.29) is 0 Å². The average molecular weight is 183 g/mol. The van der Waals surface area contributed by atoms with Gasteiger partial charge < -0.3 is 5.01 Å². The first-order valence-electron chi connectivity index (χ1n) is 3.66. The van der Waals surface area contributed by atoms with E-state index in [9.17, 15) is 0 Å². The van der Waals surface area contributed by atoms with Crippen LogP contribution in [0.2, 0.25) is 5.02 Å². The lowest BCUT2D eigenvalue weighted by atomic mass is 10.2. The van der Waals surface area contributed by atoms with Crippen LogP contribution in [0.25, 0.3) is 0 Å². The van der Waals surface area contributed by atoms with E-state index >= 15 is 0 Å². The summed E-state index contributed by atoms with van der Waals surface area (Å²) < 4.78 is 0. The predicted octanol–water partition coefficient (Wildman–Crippen LogP) is 2.24. The topological polar surface area (TPSA) is 15.6 Å². The minimum atomic E-state index is 0.725. The minimum Gasteiger partial charge on any atom is -0.303 e. The largest absolute Gasteiger partial charge is 0.303 e. The van der Waals surface area contributed by atoms with Crippen LogP contribution in [0.5, 0.6) is 0 Å². The number of benzene rings is 1. The van der Waals surface area contributed by atoms with Crippen molar-refractivity contribution in [2.45, 2.75) is 0 Å². The summed E-state index contributed by atoms with van der Waals surface area (Å²) >= 11 is 5.90. The van der Waals surface area contributed by atoms with Crippen molar-refractivity contribution >= 4 is 17.8 Å². The SMILES string of the molecule is CN(C)/N=C\c1ccccc1Cl. The molecule has 0 spiro atoms. The third kappa shape index (κ3) is 2.55. The maximum absolute atomic E-state index is 5.90. The summed E-state index contributed by atoms with van der Waals surface area (Å²) in [7, 11) is 3.74. The van der Waals surface area contributed by atoms with E-state index in [2.05, 4.69) is 5.10 Å². The molecule has 0 N–H and O–H groups in total. The molecule has 0 aromatic heterocycles. The zero-order chi connectivity index (χ0) is 8.97. The van der Waals surface area contributed by atoms with Gasteiger partial charge in [-0.15, -0.1) is 0 Å². The van der Waals surface area contributed by atoms with Gasteiger partial charge in [0.2, 0.25) is 0 Å². The van der Waals surface area contributed by atoms with Crippen LogP contribution in [0, 0.1) is 0 Å². The molecule has 0 fully saturated rings. The van der Waals surface area contributed by atoms with Crippen molar-refractivity contribution < 1.29 is 0 Å². The monoisotopic (exact) mass is 182 g/mol. The van der Waals surface area contributed by atoms with Gasteiger partial charge in [0.1, 0.15) is 0 Å². The zero-order valence-corrected chi connectivity index (χ0v) is 7.92. The quantitative estimate of drug-likeness (QED) is 0.506. The van der Waals surface area contributed by atoms with Gasteiger partial charge in [-0.2, -0.15) is 5.10 Å². The third-order valence-corrected chi connectivity index (χ3v) is 1.68. The second-order valence-corrected chi connectivity index (χ2v) is 3.02. The molecule has 0 saturated heterocycles. The first-order chi connectivity index (χ1) is 5.70. The van der Waals surface area contributed by atoms with E-state index in [4.69, 9.17) is 11.6 Å². The Labute approximate surface area is 77.5 Å². The Morgan fingerprint density at radius 2 is 2.00 bits per heavy atom. The maximum Gasteiger partial charge on any atom is 0.0557 e. The summed E-state index contributed by atoms with van der Waals surface area (Å²) in [4.78, 5) is 0. The summed E-state index contributed by atoms with van der Waals surface area (Å²) in [5.41, 5.74) is 0.938. The molecule has 0 aliphatic heterocycles. The molecule has 0 bridgehead atoms. The Morgan fingerprint density at radius 3 is 2.58 bits per heavy atom. The number of hydrazone groups is 1. The highest BCUT2D eigenvalue weighted by atomic mass is 35.5. The molecular formula is C9H11ClN2. The molecule has 1 aromatic carbocycles. The Morgan fingerprint density at radius 1 is 1.33 bits per heavy atom. The highest BCUT2D eigenvalue weighted by Crippen LogP contribution is 2.12. The van der Waals surface area contributed by atoms with Crippen molar-refractivity contribution in [2.75, 3.05) is 14.1 Å². The van der Waals surface area contributed by atoms with E-state index in [0.29, 0.717) is 0 Å². The highest BCUT2D eigenvalue weighted by molar-refractivity contribution is 6.33. The van der Waals surface area contributed by atoms with Gasteiger partial charge in [0.25, 0.3) is 0 Å². The maximum atomic E-state index is 5.90. The van der Waals surface area contributed by atoms with Crippen molar-refractivity contribution in [2.24, 2.45) is 5.10 Å². The second kappa shape index (κ2) is 4.12. The zero-order valence-electron chi connectivity index (χ0n) is 7.16. The van der Waals surface area contributed by atoms with Crippen LogP contribution in [-0.4, -0.2) is 25.3 Å². The molecule has 3 heteroatoms. The van der Waals surface area contributed by atoms with E-state index in [0.717, 1.165) is 10.6 Å². The molecule has 0 saturated carbocycles. The van der Waals surface area contributed by atoms with Crippen LogP contribution in [0.1, 0.15) is 5.56 Å². The first kappa shape index (κ1) is 9.07. The van der Waals surface area contributed by atoms with Gasteiger partial charge >= 0.3 is 0 Å². The molecule has 2 nitrogen and oxygen atoms in total. The molecule has 0 heterocycles. The van der Waals surface area contributed by atoms with Crippen molar-refractivity contribution in [3.05, 3.63) is 34.9 Å². The van der Waals surface area contributed by atoms with Gasteiger partial charge in [-0.05, 0) is 6.07 Å².